The van der Waals surface area contributed by atoms with Crippen molar-refractivity contribution in [3.63, 3.8) is 0 Å². The Kier molecular flexibility index (Phi) is 4.15. The summed E-state index contributed by atoms with van der Waals surface area (Å²) in [7, 11) is 1.88. The topological polar surface area (TPSA) is 34.9 Å². The minimum atomic E-state index is 0.194. The first kappa shape index (κ1) is 13.5. The molecule has 0 bridgehead atoms. The van der Waals surface area contributed by atoms with Gasteiger partial charge in [0.25, 0.3) is 0 Å². The third kappa shape index (κ3) is 3.53. The van der Waals surface area contributed by atoms with E-state index in [9.17, 15) is 4.79 Å². The molecule has 0 spiro atoms. The van der Waals surface area contributed by atoms with Crippen LogP contribution in [-0.4, -0.2) is 15.6 Å². The first-order chi connectivity index (χ1) is 9.06. The number of ketones is 1. The molecular formula is C16H20N2O. The lowest BCUT2D eigenvalue weighted by molar-refractivity contribution is 0.0983. The molecule has 0 saturated heterocycles. The Balaban J connectivity index is 1.96. The van der Waals surface area contributed by atoms with E-state index in [2.05, 4.69) is 18.9 Å². The van der Waals surface area contributed by atoms with Crippen LogP contribution in [0.3, 0.4) is 0 Å². The lowest BCUT2D eigenvalue weighted by Gasteiger charge is -2.06. The standard InChI is InChI=1S/C16H20N2O/c1-12(2)14-5-7-15(8-6-14)16(19)9-4-13-10-17-18(3)11-13/h5-8,10-12H,4,9H2,1-3H3. The zero-order chi connectivity index (χ0) is 13.8. The van der Waals surface area contributed by atoms with E-state index in [0.717, 1.165) is 17.5 Å². The third-order valence-corrected chi connectivity index (χ3v) is 3.30. The van der Waals surface area contributed by atoms with Gasteiger partial charge in [0, 0.05) is 25.2 Å². The zero-order valence-electron chi connectivity index (χ0n) is 11.8. The SMILES string of the molecule is CC(C)c1ccc(C(=O)CCc2cnn(C)c2)cc1. The number of aryl methyl sites for hydroxylation is 2. The number of hydrogen-bond donors (Lipinski definition) is 0. The van der Waals surface area contributed by atoms with Crippen LogP contribution in [0.5, 0.6) is 0 Å². The first-order valence-corrected chi connectivity index (χ1v) is 6.67. The van der Waals surface area contributed by atoms with Gasteiger partial charge in [-0.1, -0.05) is 38.1 Å². The molecule has 1 aromatic carbocycles. The number of aromatic nitrogens is 2. The van der Waals surface area contributed by atoms with Crippen LogP contribution in [0.2, 0.25) is 0 Å². The average molecular weight is 256 g/mol. The van der Waals surface area contributed by atoms with E-state index >= 15 is 0 Å². The summed E-state index contributed by atoms with van der Waals surface area (Å²) >= 11 is 0. The van der Waals surface area contributed by atoms with Gasteiger partial charge in [-0.15, -0.1) is 0 Å². The fourth-order valence-corrected chi connectivity index (χ4v) is 2.06. The van der Waals surface area contributed by atoms with Gasteiger partial charge in [0.15, 0.2) is 5.78 Å². The molecule has 0 aliphatic rings. The number of carbonyl (C=O) groups excluding carboxylic acids is 1. The Bertz CT molecular complexity index is 552. The van der Waals surface area contributed by atoms with E-state index < -0.39 is 0 Å². The van der Waals surface area contributed by atoms with Crippen LogP contribution in [0.15, 0.2) is 36.7 Å². The molecule has 100 valence electrons. The second-order valence-corrected chi connectivity index (χ2v) is 5.22. The number of carbonyl (C=O) groups is 1. The molecule has 0 aliphatic carbocycles. The van der Waals surface area contributed by atoms with Crippen molar-refractivity contribution < 1.29 is 4.79 Å². The molecule has 2 aromatic rings. The van der Waals surface area contributed by atoms with E-state index in [1.807, 2.05) is 43.7 Å². The molecule has 0 radical (unpaired) electrons. The first-order valence-electron chi connectivity index (χ1n) is 6.67. The lowest BCUT2D eigenvalue weighted by Crippen LogP contribution is -2.01. The van der Waals surface area contributed by atoms with Gasteiger partial charge in [0.2, 0.25) is 0 Å². The van der Waals surface area contributed by atoms with Gasteiger partial charge in [-0.2, -0.15) is 5.10 Å². The molecule has 0 fully saturated rings. The highest BCUT2D eigenvalue weighted by atomic mass is 16.1. The largest absolute Gasteiger partial charge is 0.294 e. The summed E-state index contributed by atoms with van der Waals surface area (Å²) < 4.78 is 1.76. The summed E-state index contributed by atoms with van der Waals surface area (Å²) in [4.78, 5) is 12.1. The van der Waals surface area contributed by atoms with E-state index in [-0.39, 0.29) is 5.78 Å². The third-order valence-electron chi connectivity index (χ3n) is 3.30. The maximum Gasteiger partial charge on any atom is 0.163 e. The Morgan fingerprint density at radius 2 is 1.95 bits per heavy atom. The van der Waals surface area contributed by atoms with Gasteiger partial charge in [-0.05, 0) is 23.5 Å². The van der Waals surface area contributed by atoms with Crippen LogP contribution >= 0.6 is 0 Å². The second kappa shape index (κ2) is 5.83. The van der Waals surface area contributed by atoms with Crippen LogP contribution in [-0.2, 0) is 13.5 Å². The van der Waals surface area contributed by atoms with Gasteiger partial charge in [-0.25, -0.2) is 0 Å². The molecule has 0 N–H and O–H groups in total. The highest BCUT2D eigenvalue weighted by molar-refractivity contribution is 5.96. The minimum Gasteiger partial charge on any atom is -0.294 e. The molecule has 3 nitrogen and oxygen atoms in total. The quantitative estimate of drug-likeness (QED) is 0.769. The number of rotatable bonds is 5. The Morgan fingerprint density at radius 3 is 2.47 bits per heavy atom. The molecule has 0 amide bonds. The normalized spacial score (nSPS) is 10.9. The summed E-state index contributed by atoms with van der Waals surface area (Å²) in [6, 6.07) is 7.95. The number of benzene rings is 1. The van der Waals surface area contributed by atoms with Crippen molar-refractivity contribution in [3.05, 3.63) is 53.3 Å². The maximum absolute atomic E-state index is 12.1. The van der Waals surface area contributed by atoms with Crippen LogP contribution in [0.1, 0.15) is 47.7 Å². The van der Waals surface area contributed by atoms with Crippen molar-refractivity contribution in [1.82, 2.24) is 9.78 Å². The van der Waals surface area contributed by atoms with Crippen molar-refractivity contribution in [2.45, 2.75) is 32.6 Å². The lowest BCUT2D eigenvalue weighted by atomic mass is 9.99. The molecule has 0 aliphatic heterocycles. The smallest absolute Gasteiger partial charge is 0.163 e. The molecule has 0 saturated carbocycles. The van der Waals surface area contributed by atoms with Gasteiger partial charge >= 0.3 is 0 Å². The van der Waals surface area contributed by atoms with Crippen molar-refractivity contribution in [3.8, 4) is 0 Å². The summed E-state index contributed by atoms with van der Waals surface area (Å²) in [5.41, 5.74) is 3.17. The minimum absolute atomic E-state index is 0.194. The molecule has 1 heterocycles. The van der Waals surface area contributed by atoms with E-state index in [0.29, 0.717) is 12.3 Å². The summed E-state index contributed by atoms with van der Waals surface area (Å²) in [6.07, 6.45) is 5.05. The van der Waals surface area contributed by atoms with E-state index in [1.165, 1.54) is 5.56 Å². The van der Waals surface area contributed by atoms with Crippen molar-refractivity contribution in [2.75, 3.05) is 0 Å². The molecule has 0 unspecified atom stereocenters. The van der Waals surface area contributed by atoms with Crippen molar-refractivity contribution in [2.24, 2.45) is 7.05 Å². The summed E-state index contributed by atoms with van der Waals surface area (Å²) in [5.74, 6) is 0.693. The van der Waals surface area contributed by atoms with E-state index in [4.69, 9.17) is 0 Å². The van der Waals surface area contributed by atoms with Gasteiger partial charge in [0.1, 0.15) is 0 Å². The molecule has 2 rings (SSSR count). The highest BCUT2D eigenvalue weighted by Gasteiger charge is 2.07. The monoisotopic (exact) mass is 256 g/mol. The molecule has 19 heavy (non-hydrogen) atoms. The van der Waals surface area contributed by atoms with Crippen LogP contribution in [0.25, 0.3) is 0 Å². The van der Waals surface area contributed by atoms with E-state index in [1.54, 1.807) is 4.68 Å². The Morgan fingerprint density at radius 1 is 1.26 bits per heavy atom. The molecule has 3 heteroatoms. The average Bonchev–Trinajstić information content (AvgIpc) is 2.82. The van der Waals surface area contributed by atoms with Crippen LogP contribution in [0, 0.1) is 0 Å². The fraction of sp³-hybridized carbons (Fsp3) is 0.375. The number of hydrogen-bond acceptors (Lipinski definition) is 2. The number of nitrogens with zero attached hydrogens (tertiary/aromatic N) is 2. The number of Topliss-reactive ketones (excluding diaryl/α,β-unsaturated/α-hetero) is 1. The maximum atomic E-state index is 12.1. The van der Waals surface area contributed by atoms with Gasteiger partial charge < -0.3 is 0 Å². The fourth-order valence-electron chi connectivity index (χ4n) is 2.06. The molecule has 0 atom stereocenters. The van der Waals surface area contributed by atoms with Crippen LogP contribution in [0.4, 0.5) is 0 Å². The van der Waals surface area contributed by atoms with Crippen LogP contribution < -0.4 is 0 Å². The molecular weight excluding hydrogens is 236 g/mol. The predicted octanol–water partition coefficient (Wildman–Crippen LogP) is 3.36. The van der Waals surface area contributed by atoms with Crippen molar-refractivity contribution >= 4 is 5.78 Å². The molecule has 1 aromatic heterocycles. The second-order valence-electron chi connectivity index (χ2n) is 5.22. The van der Waals surface area contributed by atoms with Gasteiger partial charge in [0.05, 0.1) is 6.20 Å². The summed E-state index contributed by atoms with van der Waals surface area (Å²) in [5, 5.41) is 4.10. The predicted molar refractivity (Wildman–Crippen MR) is 76.4 cm³/mol. The Hall–Kier alpha value is -1.90. The summed E-state index contributed by atoms with van der Waals surface area (Å²) in [6.45, 7) is 4.30. The van der Waals surface area contributed by atoms with Gasteiger partial charge in [-0.3, -0.25) is 9.48 Å². The zero-order valence-corrected chi connectivity index (χ0v) is 11.8. The van der Waals surface area contributed by atoms with Crippen molar-refractivity contribution in [1.29, 1.82) is 0 Å². The highest BCUT2D eigenvalue weighted by Crippen LogP contribution is 2.16. The Labute approximate surface area is 114 Å².